The highest BCUT2D eigenvalue weighted by atomic mass is 32.2. The minimum atomic E-state index is -3.89. The van der Waals surface area contributed by atoms with Gasteiger partial charge in [0, 0.05) is 36.3 Å². The van der Waals surface area contributed by atoms with Crippen molar-refractivity contribution in [1.82, 2.24) is 9.88 Å². The van der Waals surface area contributed by atoms with E-state index < -0.39 is 10.0 Å². The maximum atomic E-state index is 13.6. The van der Waals surface area contributed by atoms with Gasteiger partial charge in [0.05, 0.1) is 10.9 Å². The van der Waals surface area contributed by atoms with E-state index in [0.717, 1.165) is 31.2 Å². The first-order valence-electron chi connectivity index (χ1n) is 11.7. The zero-order valence-corrected chi connectivity index (χ0v) is 20.0. The maximum absolute atomic E-state index is 13.6. The maximum Gasteiger partial charge on any atom is 0.262 e. The number of sulfonamides is 1. The first kappa shape index (κ1) is 23.2. The topological polar surface area (TPSA) is 97.8 Å². The minimum Gasteiger partial charge on any atom is -0.486 e. The Morgan fingerprint density at radius 3 is 2.57 bits per heavy atom. The first-order chi connectivity index (χ1) is 17.0. The Morgan fingerprint density at radius 1 is 0.943 bits per heavy atom. The summed E-state index contributed by atoms with van der Waals surface area (Å²) in [5.74, 6) is 0.796. The van der Waals surface area contributed by atoms with E-state index in [1.54, 1.807) is 42.7 Å². The molecule has 2 aliphatic rings. The van der Waals surface area contributed by atoms with Gasteiger partial charge in [0.2, 0.25) is 0 Å². The minimum absolute atomic E-state index is 0.0361. The van der Waals surface area contributed by atoms with Crippen molar-refractivity contribution in [2.75, 3.05) is 24.5 Å². The zero-order chi connectivity index (χ0) is 24.3. The van der Waals surface area contributed by atoms with Gasteiger partial charge in [0.25, 0.3) is 15.9 Å². The molecule has 8 nitrogen and oxygen atoms in total. The lowest BCUT2D eigenvalue weighted by atomic mass is 10.0. The van der Waals surface area contributed by atoms with E-state index in [1.807, 2.05) is 17.0 Å². The number of pyridine rings is 1. The Hall–Kier alpha value is -3.59. The normalized spacial score (nSPS) is 17.9. The van der Waals surface area contributed by atoms with Crippen molar-refractivity contribution in [2.45, 2.75) is 36.6 Å². The molecule has 3 aromatic rings. The molecule has 1 N–H and O–H groups in total. The molecule has 2 aliphatic heterocycles. The molecule has 0 spiro atoms. The SMILES string of the molecule is O=C(c1cccc(NS(=O)(=O)c2ccc3c(c2)OCCO3)c1)N1CCCCCC1c1ccncc1. The molecule has 5 rings (SSSR count). The number of likely N-dealkylation sites (tertiary alicyclic amines) is 1. The molecule has 3 heterocycles. The van der Waals surface area contributed by atoms with E-state index in [2.05, 4.69) is 9.71 Å². The summed E-state index contributed by atoms with van der Waals surface area (Å²) in [7, 11) is -3.89. The zero-order valence-electron chi connectivity index (χ0n) is 19.2. The number of rotatable bonds is 5. The summed E-state index contributed by atoms with van der Waals surface area (Å²) in [5.41, 5.74) is 1.82. The average molecular weight is 494 g/mol. The highest BCUT2D eigenvalue weighted by Gasteiger charge is 2.28. The summed E-state index contributed by atoms with van der Waals surface area (Å²) in [5, 5.41) is 0. The van der Waals surface area contributed by atoms with Crippen molar-refractivity contribution in [3.8, 4) is 11.5 Å². The molecule has 0 radical (unpaired) electrons. The number of nitrogens with one attached hydrogen (secondary N) is 1. The Kier molecular flexibility index (Phi) is 6.59. The van der Waals surface area contributed by atoms with Crippen LogP contribution in [0.25, 0.3) is 0 Å². The lowest BCUT2D eigenvalue weighted by molar-refractivity contribution is 0.0681. The van der Waals surface area contributed by atoms with Gasteiger partial charge in [-0.1, -0.05) is 18.9 Å². The number of anilines is 1. The molecule has 1 aromatic heterocycles. The fraction of sp³-hybridized carbons (Fsp3) is 0.308. The third-order valence-electron chi connectivity index (χ3n) is 6.29. The molecule has 35 heavy (non-hydrogen) atoms. The van der Waals surface area contributed by atoms with Crippen LogP contribution in [0.15, 0.2) is 71.9 Å². The van der Waals surface area contributed by atoms with Gasteiger partial charge in [-0.15, -0.1) is 0 Å². The summed E-state index contributed by atoms with van der Waals surface area (Å²) in [6.45, 7) is 1.45. The van der Waals surface area contributed by atoms with Crippen LogP contribution in [0.4, 0.5) is 5.69 Å². The second kappa shape index (κ2) is 9.95. The van der Waals surface area contributed by atoms with Crippen LogP contribution < -0.4 is 14.2 Å². The lowest BCUT2D eigenvalue weighted by Gasteiger charge is -2.30. The second-order valence-corrected chi connectivity index (χ2v) is 10.3. The number of ether oxygens (including phenoxy) is 2. The van der Waals surface area contributed by atoms with Crippen molar-refractivity contribution < 1.29 is 22.7 Å². The van der Waals surface area contributed by atoms with E-state index in [0.29, 0.717) is 42.5 Å². The van der Waals surface area contributed by atoms with Crippen molar-refractivity contribution >= 4 is 21.6 Å². The largest absolute Gasteiger partial charge is 0.486 e. The van der Waals surface area contributed by atoms with Crippen LogP contribution in [0, 0.1) is 0 Å². The highest BCUT2D eigenvalue weighted by molar-refractivity contribution is 7.92. The molecule has 1 atom stereocenters. The van der Waals surface area contributed by atoms with Gasteiger partial charge < -0.3 is 14.4 Å². The molecule has 1 fully saturated rings. The van der Waals surface area contributed by atoms with Crippen LogP contribution in [0.3, 0.4) is 0 Å². The van der Waals surface area contributed by atoms with Gasteiger partial charge >= 0.3 is 0 Å². The summed E-state index contributed by atoms with van der Waals surface area (Å²) in [6.07, 6.45) is 7.43. The number of fused-ring (bicyclic) bond motifs is 1. The Labute approximate surface area is 204 Å². The quantitative estimate of drug-likeness (QED) is 0.565. The monoisotopic (exact) mass is 493 g/mol. The van der Waals surface area contributed by atoms with Gasteiger partial charge in [-0.3, -0.25) is 14.5 Å². The summed E-state index contributed by atoms with van der Waals surface area (Å²) < 4.78 is 39.7. The fourth-order valence-electron chi connectivity index (χ4n) is 4.57. The standard InChI is InChI=1S/C26H27N3O5S/c30-26(29-14-3-1-2-7-23(29)19-10-12-27-13-11-19)20-5-4-6-21(17-20)28-35(31,32)22-8-9-24-25(18-22)34-16-15-33-24/h4-6,8-13,17-18,23,28H,1-3,7,14-16H2. The lowest BCUT2D eigenvalue weighted by Crippen LogP contribution is -2.34. The van der Waals surface area contributed by atoms with Crippen molar-refractivity contribution in [1.29, 1.82) is 0 Å². The van der Waals surface area contributed by atoms with E-state index in [4.69, 9.17) is 9.47 Å². The Balaban J connectivity index is 1.38. The molecule has 1 amide bonds. The second-order valence-electron chi connectivity index (χ2n) is 8.64. The molecule has 182 valence electrons. The average Bonchev–Trinajstić information content (AvgIpc) is 3.15. The van der Waals surface area contributed by atoms with Gasteiger partial charge in [-0.2, -0.15) is 0 Å². The van der Waals surface area contributed by atoms with Crippen LogP contribution in [0.5, 0.6) is 11.5 Å². The van der Waals surface area contributed by atoms with Crippen LogP contribution in [-0.2, 0) is 10.0 Å². The number of carbonyl (C=O) groups excluding carboxylic acids is 1. The summed E-state index contributed by atoms with van der Waals surface area (Å²) in [6, 6.07) is 15.0. The fourth-order valence-corrected chi connectivity index (χ4v) is 5.63. The third kappa shape index (κ3) is 5.09. The van der Waals surface area contributed by atoms with Crippen molar-refractivity contribution in [3.63, 3.8) is 0 Å². The third-order valence-corrected chi connectivity index (χ3v) is 7.67. The van der Waals surface area contributed by atoms with Crippen molar-refractivity contribution in [3.05, 3.63) is 78.1 Å². The van der Waals surface area contributed by atoms with Gasteiger partial charge in [-0.05, 0) is 60.9 Å². The predicted octanol–water partition coefficient (Wildman–Crippen LogP) is 4.41. The van der Waals surface area contributed by atoms with Crippen LogP contribution in [0.1, 0.15) is 47.6 Å². The van der Waals surface area contributed by atoms with Crippen LogP contribution in [-0.4, -0.2) is 44.0 Å². The van der Waals surface area contributed by atoms with Gasteiger partial charge in [-0.25, -0.2) is 8.42 Å². The molecule has 9 heteroatoms. The summed E-state index contributed by atoms with van der Waals surface area (Å²) in [4.78, 5) is 19.6. The van der Waals surface area contributed by atoms with E-state index >= 15 is 0 Å². The molecule has 0 bridgehead atoms. The first-order valence-corrected chi connectivity index (χ1v) is 13.2. The smallest absolute Gasteiger partial charge is 0.262 e. The van der Waals surface area contributed by atoms with Crippen LogP contribution >= 0.6 is 0 Å². The number of hydrogen-bond acceptors (Lipinski definition) is 6. The number of benzene rings is 2. The number of nitrogens with zero attached hydrogens (tertiary/aromatic N) is 2. The van der Waals surface area contributed by atoms with E-state index in [-0.39, 0.29) is 16.8 Å². The van der Waals surface area contributed by atoms with E-state index in [9.17, 15) is 13.2 Å². The molecule has 1 unspecified atom stereocenters. The number of hydrogen-bond donors (Lipinski definition) is 1. The van der Waals surface area contributed by atoms with Crippen LogP contribution in [0.2, 0.25) is 0 Å². The number of amides is 1. The summed E-state index contributed by atoms with van der Waals surface area (Å²) >= 11 is 0. The Morgan fingerprint density at radius 2 is 1.74 bits per heavy atom. The highest BCUT2D eigenvalue weighted by Crippen LogP contribution is 2.34. The molecule has 2 aromatic carbocycles. The molecule has 0 aliphatic carbocycles. The Bertz CT molecular complexity index is 1310. The number of carbonyl (C=O) groups is 1. The molecular weight excluding hydrogens is 466 g/mol. The number of aromatic nitrogens is 1. The van der Waals surface area contributed by atoms with E-state index in [1.165, 1.54) is 12.1 Å². The molecule has 1 saturated heterocycles. The van der Waals surface area contributed by atoms with Gasteiger partial charge in [0.1, 0.15) is 13.2 Å². The molecular formula is C26H27N3O5S. The molecule has 0 saturated carbocycles. The van der Waals surface area contributed by atoms with Crippen molar-refractivity contribution in [2.24, 2.45) is 0 Å². The van der Waals surface area contributed by atoms with Gasteiger partial charge in [0.15, 0.2) is 11.5 Å². The predicted molar refractivity (Wildman–Crippen MR) is 131 cm³/mol.